The van der Waals surface area contributed by atoms with Gasteiger partial charge in [-0.1, -0.05) is 0 Å². The highest BCUT2D eigenvalue weighted by atomic mass is 16.6. The van der Waals surface area contributed by atoms with Gasteiger partial charge in [0.25, 0.3) is 5.69 Å². The zero-order valence-electron chi connectivity index (χ0n) is 9.41. The molecule has 0 aliphatic heterocycles. The molecule has 0 amide bonds. The van der Waals surface area contributed by atoms with Gasteiger partial charge in [0, 0.05) is 18.7 Å². The van der Waals surface area contributed by atoms with Gasteiger partial charge in [0.2, 0.25) is 0 Å². The van der Waals surface area contributed by atoms with E-state index in [-0.39, 0.29) is 18.4 Å². The number of ether oxygens (including phenoxy) is 1. The first-order valence-electron chi connectivity index (χ1n) is 5.71. The second kappa shape index (κ2) is 5.14. The molecule has 92 valence electrons. The summed E-state index contributed by atoms with van der Waals surface area (Å²) >= 11 is 0. The molecule has 1 fully saturated rings. The molecule has 1 N–H and O–H groups in total. The third kappa shape index (κ3) is 2.94. The third-order valence-electron chi connectivity index (χ3n) is 3.10. The molecule has 5 nitrogen and oxygen atoms in total. The molecule has 0 bridgehead atoms. The van der Waals surface area contributed by atoms with Crippen LogP contribution in [0.15, 0.2) is 24.3 Å². The topological polar surface area (TPSA) is 72.6 Å². The van der Waals surface area contributed by atoms with Crippen molar-refractivity contribution in [1.29, 1.82) is 0 Å². The number of aliphatic hydroxyl groups excluding tert-OH is 1. The summed E-state index contributed by atoms with van der Waals surface area (Å²) < 4.78 is 5.71. The smallest absolute Gasteiger partial charge is 0.269 e. The van der Waals surface area contributed by atoms with Crippen molar-refractivity contribution in [2.24, 2.45) is 5.92 Å². The Morgan fingerprint density at radius 3 is 2.59 bits per heavy atom. The molecule has 17 heavy (non-hydrogen) atoms. The molecule has 1 saturated carbocycles. The van der Waals surface area contributed by atoms with Gasteiger partial charge in [-0.3, -0.25) is 10.1 Å². The molecule has 0 radical (unpaired) electrons. The zero-order chi connectivity index (χ0) is 12.3. The van der Waals surface area contributed by atoms with Crippen molar-refractivity contribution in [3.05, 3.63) is 34.4 Å². The fourth-order valence-electron chi connectivity index (χ4n) is 2.14. The van der Waals surface area contributed by atoms with Crippen LogP contribution in [0.3, 0.4) is 0 Å². The van der Waals surface area contributed by atoms with E-state index in [0.717, 1.165) is 19.3 Å². The average Bonchev–Trinajstić information content (AvgIpc) is 2.77. The lowest BCUT2D eigenvalue weighted by Gasteiger charge is -2.13. The van der Waals surface area contributed by atoms with Gasteiger partial charge in [-0.2, -0.15) is 0 Å². The van der Waals surface area contributed by atoms with Gasteiger partial charge >= 0.3 is 0 Å². The van der Waals surface area contributed by atoms with Crippen molar-refractivity contribution in [2.75, 3.05) is 6.61 Å². The molecule has 0 aromatic heterocycles. The van der Waals surface area contributed by atoms with Crippen LogP contribution in [-0.2, 0) is 0 Å². The molecule has 1 aliphatic rings. The molecule has 2 atom stereocenters. The van der Waals surface area contributed by atoms with E-state index in [1.54, 1.807) is 12.1 Å². The van der Waals surface area contributed by atoms with Crippen LogP contribution < -0.4 is 4.74 Å². The molecule has 1 aromatic carbocycles. The molecule has 0 saturated heterocycles. The number of hydrogen-bond acceptors (Lipinski definition) is 4. The highest BCUT2D eigenvalue weighted by Crippen LogP contribution is 2.29. The number of rotatable bonds is 4. The lowest BCUT2D eigenvalue weighted by atomic mass is 10.1. The number of benzene rings is 1. The molecule has 5 heteroatoms. The second-order valence-electron chi connectivity index (χ2n) is 4.35. The predicted molar refractivity (Wildman–Crippen MR) is 61.9 cm³/mol. The van der Waals surface area contributed by atoms with Crippen molar-refractivity contribution < 1.29 is 14.8 Å². The van der Waals surface area contributed by atoms with Crippen LogP contribution in [0, 0.1) is 16.0 Å². The predicted octanol–water partition coefficient (Wildman–Crippen LogP) is 2.13. The van der Waals surface area contributed by atoms with E-state index in [9.17, 15) is 10.1 Å². The van der Waals surface area contributed by atoms with E-state index in [0.29, 0.717) is 11.7 Å². The average molecular weight is 237 g/mol. The first kappa shape index (κ1) is 11.9. The first-order chi connectivity index (χ1) is 8.19. The minimum atomic E-state index is -0.429. The van der Waals surface area contributed by atoms with Crippen molar-refractivity contribution >= 4 is 5.69 Å². The van der Waals surface area contributed by atoms with Gasteiger partial charge in [0.15, 0.2) is 0 Å². The minimum absolute atomic E-state index is 0.0667. The Bertz CT molecular complexity index is 390. The number of hydrogen-bond donors (Lipinski definition) is 1. The normalized spacial score (nSPS) is 23.6. The van der Waals surface area contributed by atoms with Crippen LogP contribution >= 0.6 is 0 Å². The van der Waals surface area contributed by atoms with Crippen LogP contribution in [-0.4, -0.2) is 22.7 Å². The van der Waals surface area contributed by atoms with Crippen molar-refractivity contribution in [1.82, 2.24) is 0 Å². The van der Waals surface area contributed by atoms with Crippen LogP contribution in [0.1, 0.15) is 19.3 Å². The van der Waals surface area contributed by atoms with Gasteiger partial charge in [0.05, 0.1) is 11.0 Å². The zero-order valence-corrected chi connectivity index (χ0v) is 9.41. The number of nitrogens with zero attached hydrogens (tertiary/aromatic N) is 1. The van der Waals surface area contributed by atoms with Crippen LogP contribution in [0.25, 0.3) is 0 Å². The summed E-state index contributed by atoms with van der Waals surface area (Å²) in [5.41, 5.74) is 0.0667. The highest BCUT2D eigenvalue weighted by Gasteiger charge is 2.25. The molecular formula is C12H15NO4. The third-order valence-corrected chi connectivity index (χ3v) is 3.10. The molecule has 2 unspecified atom stereocenters. The molecule has 1 aliphatic carbocycles. The summed E-state index contributed by atoms with van der Waals surface area (Å²) in [5.74, 6) is 0.984. The van der Waals surface area contributed by atoms with Crippen LogP contribution in [0.5, 0.6) is 5.75 Å². The highest BCUT2D eigenvalue weighted by molar-refractivity contribution is 5.36. The summed E-state index contributed by atoms with van der Waals surface area (Å²) in [7, 11) is 0. The van der Waals surface area contributed by atoms with Gasteiger partial charge in [-0.05, 0) is 37.3 Å². The van der Waals surface area contributed by atoms with E-state index < -0.39 is 4.92 Å². The molecule has 0 heterocycles. The maximum Gasteiger partial charge on any atom is 0.269 e. The Morgan fingerprint density at radius 1 is 1.35 bits per heavy atom. The molecule has 2 rings (SSSR count). The lowest BCUT2D eigenvalue weighted by molar-refractivity contribution is -0.384. The molecule has 1 aromatic rings. The van der Waals surface area contributed by atoms with Crippen molar-refractivity contribution in [2.45, 2.75) is 25.4 Å². The fraction of sp³-hybridized carbons (Fsp3) is 0.500. The summed E-state index contributed by atoms with van der Waals surface area (Å²) in [6.45, 7) is 0.208. The summed E-state index contributed by atoms with van der Waals surface area (Å²) in [4.78, 5) is 10.0. The fourth-order valence-corrected chi connectivity index (χ4v) is 2.14. The largest absolute Gasteiger partial charge is 0.490 e. The maximum atomic E-state index is 10.5. The summed E-state index contributed by atoms with van der Waals surface area (Å²) in [6.07, 6.45) is 2.89. The Kier molecular flexibility index (Phi) is 3.58. The second-order valence-corrected chi connectivity index (χ2v) is 4.35. The lowest BCUT2D eigenvalue weighted by Crippen LogP contribution is -2.13. The maximum absolute atomic E-state index is 10.5. The van der Waals surface area contributed by atoms with Gasteiger partial charge < -0.3 is 9.84 Å². The number of nitro benzene ring substituents is 1. The van der Waals surface area contributed by atoms with Gasteiger partial charge in [-0.15, -0.1) is 0 Å². The Labute approximate surface area is 99.2 Å². The van der Waals surface area contributed by atoms with Gasteiger partial charge in [0.1, 0.15) is 5.75 Å². The number of nitro groups is 1. The Morgan fingerprint density at radius 2 is 2.06 bits per heavy atom. The Balaban J connectivity index is 1.93. The van der Waals surface area contributed by atoms with Crippen molar-refractivity contribution in [3.8, 4) is 5.75 Å². The van der Waals surface area contributed by atoms with Crippen LogP contribution in [0.4, 0.5) is 5.69 Å². The number of non-ortho nitro benzene ring substituents is 1. The van der Waals surface area contributed by atoms with Gasteiger partial charge in [-0.25, -0.2) is 0 Å². The van der Waals surface area contributed by atoms with E-state index in [1.807, 2.05) is 0 Å². The van der Waals surface area contributed by atoms with E-state index >= 15 is 0 Å². The standard InChI is InChI=1S/C12H15NO4/c14-8-9-1-4-12(7-9)17-11-5-2-10(3-6-11)13(15)16/h2-3,5-6,9,12,14H,1,4,7-8H2. The first-order valence-corrected chi connectivity index (χ1v) is 5.71. The van der Waals surface area contributed by atoms with E-state index in [2.05, 4.69) is 0 Å². The summed E-state index contributed by atoms with van der Waals surface area (Å²) in [5, 5.41) is 19.5. The van der Waals surface area contributed by atoms with E-state index in [4.69, 9.17) is 9.84 Å². The van der Waals surface area contributed by atoms with E-state index in [1.165, 1.54) is 12.1 Å². The quantitative estimate of drug-likeness (QED) is 0.643. The summed E-state index contributed by atoms with van der Waals surface area (Å²) in [6, 6.07) is 6.11. The van der Waals surface area contributed by atoms with Crippen LogP contribution in [0.2, 0.25) is 0 Å². The number of aliphatic hydroxyl groups is 1. The SMILES string of the molecule is O=[N+]([O-])c1ccc(OC2CCC(CO)C2)cc1. The monoisotopic (exact) mass is 237 g/mol. The van der Waals surface area contributed by atoms with Crippen molar-refractivity contribution in [3.63, 3.8) is 0 Å². The Hall–Kier alpha value is -1.62. The molecular weight excluding hydrogens is 222 g/mol. The molecule has 0 spiro atoms. The minimum Gasteiger partial charge on any atom is -0.490 e.